The number of pyridine rings is 1. The molecule has 2 saturated heterocycles. The molecule has 4 heterocycles. The van der Waals surface area contributed by atoms with E-state index in [1.807, 2.05) is 4.90 Å². The van der Waals surface area contributed by atoms with Crippen LogP contribution in [0.5, 0.6) is 0 Å². The first kappa shape index (κ1) is 27.1. The van der Waals surface area contributed by atoms with Crippen molar-refractivity contribution in [3.05, 3.63) is 53.4 Å². The number of hydrogen-bond acceptors (Lipinski definition) is 9. The summed E-state index contributed by atoms with van der Waals surface area (Å²) in [7, 11) is 0. The number of aliphatic hydroxyl groups is 2. The lowest BCUT2D eigenvalue weighted by Crippen LogP contribution is -2.46. The molecule has 0 radical (unpaired) electrons. The highest BCUT2D eigenvalue weighted by Gasteiger charge is 2.28. The predicted molar refractivity (Wildman–Crippen MR) is 137 cm³/mol. The van der Waals surface area contributed by atoms with Crippen LogP contribution in [0.3, 0.4) is 0 Å². The number of rotatable bonds is 5. The maximum absolute atomic E-state index is 13.9. The number of piperazine rings is 1. The summed E-state index contributed by atoms with van der Waals surface area (Å²) in [5.74, 6) is -0.329. The lowest BCUT2D eigenvalue weighted by molar-refractivity contribution is -0.0516. The number of fused-ring (bicyclic) bond motifs is 1. The fraction of sp³-hybridized carbons (Fsp3) is 0.500. The zero-order valence-corrected chi connectivity index (χ0v) is 21.2. The number of aliphatic hydroxyl groups excluding tert-OH is 1. The highest BCUT2D eigenvalue weighted by atomic mass is 19.1. The third-order valence-electron chi connectivity index (χ3n) is 6.44. The number of anilines is 2. The predicted octanol–water partition coefficient (Wildman–Crippen LogP) is 2.81. The summed E-state index contributed by atoms with van der Waals surface area (Å²) < 4.78 is 32.0. The first-order valence-electron chi connectivity index (χ1n) is 12.4. The molecule has 1 atom stereocenters. The van der Waals surface area contributed by atoms with Gasteiger partial charge in [0.05, 0.1) is 23.0 Å². The number of nitrogens with zero attached hydrogens (tertiary/aromatic N) is 5. The van der Waals surface area contributed by atoms with E-state index in [1.54, 1.807) is 6.07 Å². The first-order valence-corrected chi connectivity index (χ1v) is 12.4. The second-order valence-electron chi connectivity index (χ2n) is 9.90. The number of aromatic nitrogens is 3. The molecule has 2 fully saturated rings. The molecule has 5 rings (SSSR count). The van der Waals surface area contributed by atoms with Crippen molar-refractivity contribution >= 4 is 22.7 Å². The number of nitrogens with two attached hydrogens (primary N) is 1. The molecule has 3 aromatic rings. The number of ether oxygens (including phenoxy) is 1. The standard InChI is InChI=1S/C22H26F2N6O2.C4H8O/c1-22(2,32)19(31)17-10-16-18(11-26-17)28-21(20(25)27-16)30-7-5-29(6-8-30)12-13-3-4-14(23)9-15(13)24;1-2-4-5-3-1/h3-4,9-11,19,31-32H,5-8,12H2,1-2H3,(H2,25,27);1-4H2. The van der Waals surface area contributed by atoms with Crippen molar-refractivity contribution in [2.24, 2.45) is 0 Å². The fourth-order valence-corrected chi connectivity index (χ4v) is 4.24. The minimum Gasteiger partial charge on any atom is -0.387 e. The van der Waals surface area contributed by atoms with Crippen LogP contribution < -0.4 is 10.6 Å². The smallest absolute Gasteiger partial charge is 0.172 e. The molecule has 1 unspecified atom stereocenters. The van der Waals surface area contributed by atoms with Crippen LogP contribution in [0.15, 0.2) is 30.5 Å². The summed E-state index contributed by atoms with van der Waals surface area (Å²) in [5.41, 5.74) is 6.57. The molecule has 2 aliphatic heterocycles. The van der Waals surface area contributed by atoms with E-state index in [4.69, 9.17) is 10.5 Å². The van der Waals surface area contributed by atoms with Crippen LogP contribution in [0.25, 0.3) is 11.0 Å². The monoisotopic (exact) mass is 516 g/mol. The maximum atomic E-state index is 13.9. The van der Waals surface area contributed by atoms with Crippen LogP contribution in [0.2, 0.25) is 0 Å². The van der Waals surface area contributed by atoms with Gasteiger partial charge in [0.15, 0.2) is 11.6 Å². The Kier molecular flexibility index (Phi) is 8.48. The normalized spacial score (nSPS) is 17.5. The largest absolute Gasteiger partial charge is 0.387 e. The number of halogens is 2. The quantitative estimate of drug-likeness (QED) is 0.470. The van der Waals surface area contributed by atoms with Crippen molar-refractivity contribution in [3.8, 4) is 0 Å². The van der Waals surface area contributed by atoms with Crippen LogP contribution in [-0.2, 0) is 11.3 Å². The van der Waals surface area contributed by atoms with Gasteiger partial charge in [0, 0.05) is 57.6 Å². The van der Waals surface area contributed by atoms with E-state index in [0.29, 0.717) is 55.1 Å². The third kappa shape index (κ3) is 6.86. The molecule has 0 spiro atoms. The zero-order valence-electron chi connectivity index (χ0n) is 21.2. The Morgan fingerprint density at radius 1 is 1.05 bits per heavy atom. The highest BCUT2D eigenvalue weighted by molar-refractivity contribution is 5.79. The van der Waals surface area contributed by atoms with E-state index < -0.39 is 23.3 Å². The third-order valence-corrected chi connectivity index (χ3v) is 6.44. The molecule has 200 valence electrons. The lowest BCUT2D eigenvalue weighted by Gasteiger charge is -2.35. The average molecular weight is 517 g/mol. The van der Waals surface area contributed by atoms with Crippen molar-refractivity contribution in [1.82, 2.24) is 19.9 Å². The number of hydrogen-bond donors (Lipinski definition) is 3. The van der Waals surface area contributed by atoms with Crippen LogP contribution in [0.4, 0.5) is 20.4 Å². The molecule has 0 bridgehead atoms. The van der Waals surface area contributed by atoms with E-state index in [2.05, 4.69) is 19.9 Å². The van der Waals surface area contributed by atoms with E-state index in [9.17, 15) is 19.0 Å². The second-order valence-corrected chi connectivity index (χ2v) is 9.90. The minimum atomic E-state index is -1.35. The van der Waals surface area contributed by atoms with Crippen LogP contribution in [0.1, 0.15) is 44.1 Å². The van der Waals surface area contributed by atoms with E-state index >= 15 is 0 Å². The Bertz CT molecular complexity index is 1200. The number of nitrogen functional groups attached to an aromatic ring is 1. The van der Waals surface area contributed by atoms with E-state index in [1.165, 1.54) is 45.0 Å². The van der Waals surface area contributed by atoms with Crippen molar-refractivity contribution in [2.75, 3.05) is 50.0 Å². The molecule has 9 nitrogen and oxygen atoms in total. The Hall–Kier alpha value is -2.99. The summed E-state index contributed by atoms with van der Waals surface area (Å²) >= 11 is 0. The maximum Gasteiger partial charge on any atom is 0.172 e. The zero-order chi connectivity index (χ0) is 26.6. The molecule has 0 saturated carbocycles. The molecule has 37 heavy (non-hydrogen) atoms. The molecular weight excluding hydrogens is 482 g/mol. The Morgan fingerprint density at radius 2 is 1.76 bits per heavy atom. The van der Waals surface area contributed by atoms with Gasteiger partial charge in [-0.2, -0.15) is 0 Å². The van der Waals surface area contributed by atoms with Gasteiger partial charge in [-0.3, -0.25) is 9.88 Å². The van der Waals surface area contributed by atoms with Crippen molar-refractivity contribution in [3.63, 3.8) is 0 Å². The molecule has 2 aromatic heterocycles. The molecule has 11 heteroatoms. The van der Waals surface area contributed by atoms with Crippen molar-refractivity contribution in [2.45, 2.75) is 44.9 Å². The summed E-state index contributed by atoms with van der Waals surface area (Å²) in [6.07, 6.45) is 2.89. The van der Waals surface area contributed by atoms with Crippen molar-refractivity contribution < 1.29 is 23.7 Å². The van der Waals surface area contributed by atoms with Crippen LogP contribution in [0, 0.1) is 11.6 Å². The Labute approximate surface area is 214 Å². The topological polar surface area (TPSA) is 121 Å². The van der Waals surface area contributed by atoms with E-state index in [-0.39, 0.29) is 11.5 Å². The Morgan fingerprint density at radius 3 is 2.35 bits per heavy atom. The lowest BCUT2D eigenvalue weighted by atomic mass is 9.98. The van der Waals surface area contributed by atoms with Gasteiger partial charge in [0.1, 0.15) is 23.3 Å². The summed E-state index contributed by atoms with van der Waals surface area (Å²) in [5, 5.41) is 20.3. The summed E-state index contributed by atoms with van der Waals surface area (Å²) in [6, 6.07) is 5.21. The fourth-order valence-electron chi connectivity index (χ4n) is 4.24. The number of benzene rings is 1. The second kappa shape index (κ2) is 11.6. The molecule has 2 aliphatic rings. The minimum absolute atomic E-state index is 0.255. The van der Waals surface area contributed by atoms with Gasteiger partial charge in [-0.05, 0) is 38.8 Å². The summed E-state index contributed by atoms with van der Waals surface area (Å²) in [6.45, 7) is 7.95. The van der Waals surface area contributed by atoms with Gasteiger partial charge < -0.3 is 25.6 Å². The van der Waals surface area contributed by atoms with Gasteiger partial charge >= 0.3 is 0 Å². The molecule has 1 aromatic carbocycles. The summed E-state index contributed by atoms with van der Waals surface area (Å²) in [4.78, 5) is 17.3. The average Bonchev–Trinajstić information content (AvgIpc) is 3.45. The molecular formula is C26H34F2N6O3. The molecule has 4 N–H and O–H groups in total. The van der Waals surface area contributed by atoms with Gasteiger partial charge in [0.25, 0.3) is 0 Å². The van der Waals surface area contributed by atoms with Gasteiger partial charge in [-0.25, -0.2) is 18.7 Å². The first-order chi connectivity index (χ1) is 17.6. The Balaban J connectivity index is 0.000000572. The van der Waals surface area contributed by atoms with Crippen LogP contribution >= 0.6 is 0 Å². The van der Waals surface area contributed by atoms with Crippen molar-refractivity contribution in [1.29, 1.82) is 0 Å². The SMILES string of the molecule is C1CCOC1.CC(C)(O)C(O)c1cc2nc(N)c(N3CCN(Cc4ccc(F)cc4F)CC3)nc2cn1. The van der Waals surface area contributed by atoms with Crippen LogP contribution in [-0.4, -0.2) is 75.1 Å². The van der Waals surface area contributed by atoms with Gasteiger partial charge in [-0.1, -0.05) is 6.07 Å². The molecule has 0 aliphatic carbocycles. The van der Waals surface area contributed by atoms with Gasteiger partial charge in [0.2, 0.25) is 0 Å². The molecule has 0 amide bonds. The van der Waals surface area contributed by atoms with E-state index in [0.717, 1.165) is 19.3 Å². The van der Waals surface area contributed by atoms with Gasteiger partial charge in [-0.15, -0.1) is 0 Å². The highest BCUT2D eigenvalue weighted by Crippen LogP contribution is 2.28.